The fraction of sp³-hybridized carbons (Fsp3) is 0.167. The molecule has 4 rings (SSSR count). The Morgan fingerprint density at radius 3 is 2.82 bits per heavy atom. The van der Waals surface area contributed by atoms with E-state index in [0.717, 1.165) is 0 Å². The molecule has 3 heterocycles. The van der Waals surface area contributed by atoms with Crippen molar-refractivity contribution in [2.45, 2.75) is 20.4 Å². The predicted octanol–water partition coefficient (Wildman–Crippen LogP) is 2.85. The summed E-state index contributed by atoms with van der Waals surface area (Å²) in [6.45, 7) is 4.01. The molecule has 1 N–H and O–H groups in total. The van der Waals surface area contributed by atoms with Crippen molar-refractivity contribution in [3.63, 3.8) is 0 Å². The zero-order valence-electron chi connectivity index (χ0n) is 15.0. The minimum atomic E-state index is -0.516. The third-order valence-electron chi connectivity index (χ3n) is 4.26. The summed E-state index contributed by atoms with van der Waals surface area (Å²) >= 11 is 0. The maximum absolute atomic E-state index is 14.4. The van der Waals surface area contributed by atoms with E-state index in [9.17, 15) is 13.6 Å². The van der Waals surface area contributed by atoms with Crippen molar-refractivity contribution in [2.75, 3.05) is 5.32 Å². The zero-order valence-corrected chi connectivity index (χ0v) is 15.0. The van der Waals surface area contributed by atoms with Gasteiger partial charge in [0.25, 0.3) is 5.91 Å². The van der Waals surface area contributed by atoms with E-state index in [0.29, 0.717) is 23.3 Å². The Hall–Kier alpha value is -3.69. The van der Waals surface area contributed by atoms with Crippen molar-refractivity contribution in [1.29, 1.82) is 0 Å². The summed E-state index contributed by atoms with van der Waals surface area (Å²) in [6.07, 6.45) is 2.52. The molecule has 1 aromatic carbocycles. The van der Waals surface area contributed by atoms with Crippen LogP contribution in [0.1, 0.15) is 22.8 Å². The molecule has 10 heteroatoms. The van der Waals surface area contributed by atoms with Gasteiger partial charge in [0.05, 0.1) is 35.6 Å². The Labute approximate surface area is 157 Å². The number of fused-ring (bicyclic) bond motifs is 1. The van der Waals surface area contributed by atoms with Crippen LogP contribution in [0.25, 0.3) is 16.9 Å². The van der Waals surface area contributed by atoms with Crippen molar-refractivity contribution >= 4 is 17.1 Å². The molecular formula is C18H15F2N7O. The molecule has 4 aromatic rings. The first-order chi connectivity index (χ1) is 13.5. The summed E-state index contributed by atoms with van der Waals surface area (Å²) in [5, 5.41) is 18.5. The number of amides is 1. The van der Waals surface area contributed by atoms with Crippen LogP contribution < -0.4 is 5.32 Å². The number of pyridine rings is 1. The summed E-state index contributed by atoms with van der Waals surface area (Å²) in [6, 6.07) is 5.47. The first-order valence-corrected chi connectivity index (χ1v) is 8.49. The Kier molecular flexibility index (Phi) is 4.30. The number of carbonyl (C=O) groups excluding carboxylic acids is 1. The maximum Gasteiger partial charge on any atom is 0.259 e. The van der Waals surface area contributed by atoms with E-state index in [2.05, 4.69) is 25.8 Å². The van der Waals surface area contributed by atoms with Crippen molar-refractivity contribution in [2.24, 2.45) is 0 Å². The molecule has 8 nitrogen and oxygen atoms in total. The molecule has 3 aromatic heterocycles. The number of rotatable bonds is 4. The highest BCUT2D eigenvalue weighted by Crippen LogP contribution is 2.27. The fourth-order valence-corrected chi connectivity index (χ4v) is 2.79. The first kappa shape index (κ1) is 17.7. The van der Waals surface area contributed by atoms with Crippen LogP contribution in [0.2, 0.25) is 0 Å². The SMILES string of the molecule is CCn1nnc(-c2cc(NC(=O)c3cnn4cc(F)ccc34)c(C)cc2F)n1. The molecule has 0 saturated carbocycles. The smallest absolute Gasteiger partial charge is 0.259 e. The van der Waals surface area contributed by atoms with Crippen LogP contribution in [0.5, 0.6) is 0 Å². The Morgan fingerprint density at radius 2 is 2.07 bits per heavy atom. The molecule has 0 atom stereocenters. The number of aryl methyl sites for hydroxylation is 2. The van der Waals surface area contributed by atoms with Gasteiger partial charge in [0.15, 0.2) is 0 Å². The van der Waals surface area contributed by atoms with E-state index < -0.39 is 17.5 Å². The molecule has 28 heavy (non-hydrogen) atoms. The maximum atomic E-state index is 14.4. The second-order valence-corrected chi connectivity index (χ2v) is 6.14. The van der Waals surface area contributed by atoms with Gasteiger partial charge >= 0.3 is 0 Å². The highest BCUT2D eigenvalue weighted by molar-refractivity contribution is 6.09. The highest BCUT2D eigenvalue weighted by atomic mass is 19.1. The lowest BCUT2D eigenvalue weighted by Crippen LogP contribution is -2.13. The van der Waals surface area contributed by atoms with Gasteiger partial charge in [-0.25, -0.2) is 13.3 Å². The lowest BCUT2D eigenvalue weighted by molar-refractivity contribution is 0.102. The topological polar surface area (TPSA) is 90.0 Å². The number of nitrogens with one attached hydrogen (secondary N) is 1. The summed E-state index contributed by atoms with van der Waals surface area (Å²) in [5.74, 6) is -1.31. The molecule has 0 unspecified atom stereocenters. The number of halogens is 2. The van der Waals surface area contributed by atoms with Gasteiger partial charge in [-0.3, -0.25) is 4.79 Å². The van der Waals surface area contributed by atoms with Crippen molar-refractivity contribution < 1.29 is 13.6 Å². The minimum Gasteiger partial charge on any atom is -0.322 e. The molecule has 142 valence electrons. The fourth-order valence-electron chi connectivity index (χ4n) is 2.79. The third kappa shape index (κ3) is 3.08. The number of carbonyl (C=O) groups is 1. The molecule has 0 aliphatic rings. The summed E-state index contributed by atoms with van der Waals surface area (Å²) in [4.78, 5) is 14.0. The molecule has 1 amide bonds. The quantitative estimate of drug-likeness (QED) is 0.585. The molecule has 0 radical (unpaired) electrons. The van der Waals surface area contributed by atoms with E-state index in [1.807, 2.05) is 6.92 Å². The number of hydrogen-bond donors (Lipinski definition) is 1. The number of nitrogens with zero attached hydrogens (tertiary/aromatic N) is 6. The molecule has 0 aliphatic heterocycles. The summed E-state index contributed by atoms with van der Waals surface area (Å²) in [5.41, 5.74) is 1.77. The normalized spacial score (nSPS) is 11.1. The Balaban J connectivity index is 1.68. The van der Waals surface area contributed by atoms with Crippen LogP contribution in [-0.2, 0) is 6.54 Å². The van der Waals surface area contributed by atoms with E-state index >= 15 is 0 Å². The van der Waals surface area contributed by atoms with Crippen molar-refractivity contribution in [3.05, 3.63) is 59.4 Å². The predicted molar refractivity (Wildman–Crippen MR) is 96.7 cm³/mol. The minimum absolute atomic E-state index is 0.126. The van der Waals surface area contributed by atoms with Gasteiger partial charge in [0.1, 0.15) is 11.6 Å². The Bertz CT molecular complexity index is 1200. The first-order valence-electron chi connectivity index (χ1n) is 8.49. The van der Waals surface area contributed by atoms with Crippen LogP contribution in [0, 0.1) is 18.6 Å². The van der Waals surface area contributed by atoms with Crippen LogP contribution in [0.3, 0.4) is 0 Å². The third-order valence-corrected chi connectivity index (χ3v) is 4.26. The second kappa shape index (κ2) is 6.80. The average molecular weight is 383 g/mol. The van der Waals surface area contributed by atoms with Gasteiger partial charge in [-0.1, -0.05) is 0 Å². The van der Waals surface area contributed by atoms with Gasteiger partial charge in [-0.15, -0.1) is 10.2 Å². The molecule has 0 aliphatic carbocycles. The molecule has 0 spiro atoms. The number of benzene rings is 1. The van der Waals surface area contributed by atoms with Crippen LogP contribution in [0.4, 0.5) is 14.5 Å². The van der Waals surface area contributed by atoms with Gasteiger partial charge in [-0.05, 0) is 48.9 Å². The van der Waals surface area contributed by atoms with Gasteiger partial charge in [-0.2, -0.15) is 9.90 Å². The second-order valence-electron chi connectivity index (χ2n) is 6.14. The monoisotopic (exact) mass is 383 g/mol. The van der Waals surface area contributed by atoms with E-state index in [1.54, 1.807) is 6.92 Å². The lowest BCUT2D eigenvalue weighted by Gasteiger charge is -2.10. The summed E-state index contributed by atoms with van der Waals surface area (Å²) in [7, 11) is 0. The number of aromatic nitrogens is 6. The van der Waals surface area contributed by atoms with Crippen LogP contribution >= 0.6 is 0 Å². The molecule has 0 saturated heterocycles. The average Bonchev–Trinajstić information content (AvgIpc) is 3.30. The number of hydrogen-bond acceptors (Lipinski definition) is 5. The number of tetrazole rings is 1. The van der Waals surface area contributed by atoms with Gasteiger partial charge in [0.2, 0.25) is 5.82 Å². The van der Waals surface area contributed by atoms with E-state index in [4.69, 9.17) is 0 Å². The van der Waals surface area contributed by atoms with Gasteiger partial charge in [0, 0.05) is 5.69 Å². The van der Waals surface area contributed by atoms with E-state index in [-0.39, 0.29) is 17.0 Å². The largest absolute Gasteiger partial charge is 0.322 e. The molecule has 0 bridgehead atoms. The lowest BCUT2D eigenvalue weighted by atomic mass is 10.1. The summed E-state index contributed by atoms with van der Waals surface area (Å²) < 4.78 is 29.0. The standard InChI is InChI=1S/C18H15F2N7O/c1-3-27-24-17(23-25-27)12-7-15(10(2)6-14(12)20)22-18(28)13-8-21-26-9-11(19)4-5-16(13)26/h4-9H,3H2,1-2H3,(H,22,28). The molecular weight excluding hydrogens is 368 g/mol. The van der Waals surface area contributed by atoms with E-state index in [1.165, 1.54) is 46.0 Å². The molecule has 0 fully saturated rings. The van der Waals surface area contributed by atoms with Gasteiger partial charge < -0.3 is 5.32 Å². The van der Waals surface area contributed by atoms with Crippen LogP contribution in [-0.4, -0.2) is 35.7 Å². The van der Waals surface area contributed by atoms with Crippen LogP contribution in [0.15, 0.2) is 36.7 Å². The van der Waals surface area contributed by atoms with Crippen molar-refractivity contribution in [1.82, 2.24) is 29.8 Å². The zero-order chi connectivity index (χ0) is 19.8. The highest BCUT2D eigenvalue weighted by Gasteiger charge is 2.18. The van der Waals surface area contributed by atoms with Crippen molar-refractivity contribution in [3.8, 4) is 11.4 Å². The number of anilines is 1. The Morgan fingerprint density at radius 1 is 1.25 bits per heavy atom.